The molecule has 5 rings (SSSR count). The van der Waals surface area contributed by atoms with Gasteiger partial charge in [0, 0.05) is 49.3 Å². The van der Waals surface area contributed by atoms with E-state index >= 15 is 0 Å². The van der Waals surface area contributed by atoms with Gasteiger partial charge in [0.25, 0.3) is 5.56 Å². The molecule has 1 aliphatic heterocycles. The number of hydrogen-bond acceptors (Lipinski definition) is 7. The van der Waals surface area contributed by atoms with E-state index in [-0.39, 0.29) is 17.1 Å². The Morgan fingerprint density at radius 3 is 2.67 bits per heavy atom. The Morgan fingerprint density at radius 2 is 1.92 bits per heavy atom. The minimum atomic E-state index is -0.117. The van der Waals surface area contributed by atoms with Crippen LogP contribution in [0, 0.1) is 0 Å². The lowest BCUT2D eigenvalue weighted by atomic mass is 10.0. The van der Waals surface area contributed by atoms with Gasteiger partial charge in [-0.2, -0.15) is 4.98 Å². The van der Waals surface area contributed by atoms with Gasteiger partial charge >= 0.3 is 0 Å². The lowest BCUT2D eigenvalue weighted by Gasteiger charge is -2.33. The summed E-state index contributed by atoms with van der Waals surface area (Å²) in [7, 11) is 2.02. The van der Waals surface area contributed by atoms with Crippen molar-refractivity contribution >= 4 is 28.5 Å². The molecule has 0 saturated carbocycles. The van der Waals surface area contributed by atoms with Gasteiger partial charge < -0.3 is 15.5 Å². The number of nitrogens with zero attached hydrogens (tertiary/aromatic N) is 6. The van der Waals surface area contributed by atoms with E-state index in [4.69, 9.17) is 4.98 Å². The molecule has 9 heteroatoms. The Balaban J connectivity index is 1.61. The smallest absolute Gasteiger partial charge is 0.278 e. The van der Waals surface area contributed by atoms with Crippen LogP contribution in [0.15, 0.2) is 47.5 Å². The van der Waals surface area contributed by atoms with Gasteiger partial charge in [0.05, 0.1) is 5.69 Å². The van der Waals surface area contributed by atoms with Gasteiger partial charge in [-0.1, -0.05) is 6.07 Å². The normalized spacial score (nSPS) is 13.8. The van der Waals surface area contributed by atoms with Crippen LogP contribution in [0.2, 0.25) is 0 Å². The van der Waals surface area contributed by atoms with Crippen LogP contribution in [0.25, 0.3) is 16.7 Å². The summed E-state index contributed by atoms with van der Waals surface area (Å²) in [5.74, 6) is 1.27. The third-order valence-electron chi connectivity index (χ3n) is 6.78. The highest BCUT2D eigenvalue weighted by Crippen LogP contribution is 2.26. The Morgan fingerprint density at radius 1 is 1.11 bits per heavy atom. The van der Waals surface area contributed by atoms with Crippen molar-refractivity contribution < 1.29 is 0 Å². The predicted molar refractivity (Wildman–Crippen MR) is 145 cm³/mol. The molecule has 3 aromatic heterocycles. The number of hydrogen-bond donors (Lipinski definition) is 2. The third-order valence-corrected chi connectivity index (χ3v) is 6.78. The molecule has 1 aromatic carbocycles. The van der Waals surface area contributed by atoms with Crippen molar-refractivity contribution in [2.24, 2.45) is 0 Å². The quantitative estimate of drug-likeness (QED) is 0.437. The highest BCUT2D eigenvalue weighted by atomic mass is 16.1. The molecule has 0 aliphatic carbocycles. The fraction of sp³-hybridized carbons (Fsp3) is 0.407. The topological polar surface area (TPSA) is 92.9 Å². The number of nitrogens with one attached hydrogen (secondary N) is 2. The highest BCUT2D eigenvalue weighted by molar-refractivity contribution is 5.77. The average molecular weight is 487 g/mol. The molecule has 9 nitrogen and oxygen atoms in total. The lowest BCUT2D eigenvalue weighted by molar-refractivity contribution is 0.475. The molecule has 0 saturated heterocycles. The maximum absolute atomic E-state index is 13.4. The minimum Gasteiger partial charge on any atom is -0.355 e. The first kappa shape index (κ1) is 24.0. The van der Waals surface area contributed by atoms with Crippen molar-refractivity contribution in [1.82, 2.24) is 29.6 Å². The van der Waals surface area contributed by atoms with Crippen molar-refractivity contribution in [1.29, 1.82) is 0 Å². The monoisotopic (exact) mass is 486 g/mol. The van der Waals surface area contributed by atoms with E-state index in [0.29, 0.717) is 17.0 Å². The van der Waals surface area contributed by atoms with E-state index in [1.165, 1.54) is 11.1 Å². The molecule has 0 atom stereocenters. The highest BCUT2D eigenvalue weighted by Gasteiger charge is 2.22. The predicted octanol–water partition coefficient (Wildman–Crippen LogP) is 4.18. The molecule has 0 spiro atoms. The summed E-state index contributed by atoms with van der Waals surface area (Å²) in [6.45, 7) is 12.3. The number of rotatable bonds is 5. The van der Waals surface area contributed by atoms with Crippen molar-refractivity contribution in [3.05, 3.63) is 64.2 Å². The van der Waals surface area contributed by atoms with Crippen LogP contribution in [-0.4, -0.2) is 43.4 Å². The molecule has 2 N–H and O–H groups in total. The summed E-state index contributed by atoms with van der Waals surface area (Å²) in [4.78, 5) is 29.4. The molecule has 36 heavy (non-hydrogen) atoms. The van der Waals surface area contributed by atoms with E-state index in [1.807, 2.05) is 37.7 Å². The van der Waals surface area contributed by atoms with Crippen molar-refractivity contribution in [3.8, 4) is 5.69 Å². The molecular formula is C27H34N8O. The molecule has 4 aromatic rings. The maximum atomic E-state index is 13.4. The van der Waals surface area contributed by atoms with E-state index in [0.717, 1.165) is 36.7 Å². The zero-order valence-electron chi connectivity index (χ0n) is 21.8. The zero-order chi connectivity index (χ0) is 25.6. The SMILES string of the molecule is CC(C)n1c(=O)c2cnc(Nc3ccc4c(c3)CNCC4)nc2n1-c1ccnc(N(C)C(C)(C)C)c1. The van der Waals surface area contributed by atoms with Crippen LogP contribution in [0.4, 0.5) is 17.5 Å². The van der Waals surface area contributed by atoms with E-state index in [9.17, 15) is 4.79 Å². The van der Waals surface area contributed by atoms with Crippen LogP contribution >= 0.6 is 0 Å². The molecule has 0 unspecified atom stereocenters. The van der Waals surface area contributed by atoms with Gasteiger partial charge in [0.1, 0.15) is 11.2 Å². The van der Waals surface area contributed by atoms with Crippen LogP contribution in [0.1, 0.15) is 51.8 Å². The molecule has 4 heterocycles. The number of fused-ring (bicyclic) bond motifs is 2. The number of benzene rings is 1. The average Bonchev–Trinajstić information content (AvgIpc) is 3.15. The summed E-state index contributed by atoms with van der Waals surface area (Å²) in [6.07, 6.45) is 4.42. The molecule has 0 bridgehead atoms. The van der Waals surface area contributed by atoms with Crippen molar-refractivity contribution in [2.45, 2.75) is 59.2 Å². The second-order valence-electron chi connectivity index (χ2n) is 10.6. The van der Waals surface area contributed by atoms with Gasteiger partial charge in [0.2, 0.25) is 5.95 Å². The minimum absolute atomic E-state index is 0.0757. The summed E-state index contributed by atoms with van der Waals surface area (Å²) >= 11 is 0. The number of pyridine rings is 1. The van der Waals surface area contributed by atoms with Gasteiger partial charge in [-0.25, -0.2) is 19.3 Å². The Bertz CT molecular complexity index is 1480. The molecule has 0 radical (unpaired) electrons. The van der Waals surface area contributed by atoms with Crippen LogP contribution < -0.4 is 21.1 Å². The molecule has 0 fully saturated rings. The van der Waals surface area contributed by atoms with E-state index < -0.39 is 0 Å². The van der Waals surface area contributed by atoms with E-state index in [1.54, 1.807) is 17.1 Å². The summed E-state index contributed by atoms with van der Waals surface area (Å²) in [5.41, 5.74) is 4.73. The summed E-state index contributed by atoms with van der Waals surface area (Å²) < 4.78 is 3.61. The van der Waals surface area contributed by atoms with E-state index in [2.05, 4.69) is 64.5 Å². The van der Waals surface area contributed by atoms with Gasteiger partial charge in [-0.3, -0.25) is 4.79 Å². The summed E-state index contributed by atoms with van der Waals surface area (Å²) in [6, 6.07) is 10.2. The zero-order valence-corrected chi connectivity index (χ0v) is 21.8. The van der Waals surface area contributed by atoms with Gasteiger partial charge in [-0.05, 0) is 76.9 Å². The standard InChI is InChI=1S/C27H34N8O/c1-17(2)34-25(36)22-16-30-26(31-20-8-7-18-9-11-28-15-19(18)13-20)32-24(22)35(34)21-10-12-29-23(14-21)33(6)27(3,4)5/h7-8,10,12-14,16-17,28H,9,11,15H2,1-6H3,(H,30,31,32). The van der Waals surface area contributed by atoms with Crippen LogP contribution in [0.5, 0.6) is 0 Å². The number of aromatic nitrogens is 5. The fourth-order valence-electron chi connectivity index (χ4n) is 4.53. The molecule has 1 aliphatic rings. The van der Waals surface area contributed by atoms with Crippen LogP contribution in [-0.2, 0) is 13.0 Å². The molecular weight excluding hydrogens is 452 g/mol. The Hall–Kier alpha value is -3.72. The van der Waals surface area contributed by atoms with Crippen molar-refractivity contribution in [2.75, 3.05) is 23.8 Å². The second kappa shape index (κ2) is 9.05. The Kier molecular flexibility index (Phi) is 6.04. The molecule has 0 amide bonds. The first-order valence-electron chi connectivity index (χ1n) is 12.4. The van der Waals surface area contributed by atoms with Gasteiger partial charge in [0.15, 0.2) is 5.65 Å². The summed E-state index contributed by atoms with van der Waals surface area (Å²) in [5, 5.41) is 7.23. The fourth-order valence-corrected chi connectivity index (χ4v) is 4.53. The lowest BCUT2D eigenvalue weighted by Crippen LogP contribution is -2.38. The van der Waals surface area contributed by atoms with Crippen molar-refractivity contribution in [3.63, 3.8) is 0 Å². The largest absolute Gasteiger partial charge is 0.355 e. The number of anilines is 3. The first-order chi connectivity index (χ1) is 17.1. The van der Waals surface area contributed by atoms with Crippen LogP contribution in [0.3, 0.4) is 0 Å². The second-order valence-corrected chi connectivity index (χ2v) is 10.6. The molecule has 188 valence electrons. The first-order valence-corrected chi connectivity index (χ1v) is 12.4. The Labute approximate surface area is 211 Å². The van der Waals surface area contributed by atoms with Gasteiger partial charge in [-0.15, -0.1) is 0 Å². The third kappa shape index (κ3) is 4.35. The maximum Gasteiger partial charge on any atom is 0.278 e.